The van der Waals surface area contributed by atoms with Crippen molar-refractivity contribution in [3.05, 3.63) is 0 Å². The van der Waals surface area contributed by atoms with Gasteiger partial charge >= 0.3 is 6.09 Å². The minimum Gasteiger partial charge on any atom is -0.444 e. The molecule has 1 fully saturated rings. The van der Waals surface area contributed by atoms with E-state index in [9.17, 15) is 4.79 Å². The van der Waals surface area contributed by atoms with Crippen molar-refractivity contribution in [3.8, 4) is 0 Å². The summed E-state index contributed by atoms with van der Waals surface area (Å²) in [6, 6.07) is 0.249. The number of ether oxygens (including phenoxy) is 1. The van der Waals surface area contributed by atoms with E-state index >= 15 is 0 Å². The molecule has 0 spiro atoms. The first-order valence-corrected chi connectivity index (χ1v) is 8.63. The second-order valence-electron chi connectivity index (χ2n) is 6.89. The summed E-state index contributed by atoms with van der Waals surface area (Å²) in [7, 11) is 0. The lowest BCUT2D eigenvalue weighted by atomic mass is 10.2. The third kappa shape index (κ3) is 4.59. The Balaban J connectivity index is 1.81. The lowest BCUT2D eigenvalue weighted by Gasteiger charge is -2.24. The van der Waals surface area contributed by atoms with Crippen LogP contribution in [0.15, 0.2) is 5.16 Å². The minimum atomic E-state index is -0.441. The van der Waals surface area contributed by atoms with Gasteiger partial charge in [0.25, 0.3) is 0 Å². The lowest BCUT2D eigenvalue weighted by molar-refractivity contribution is 0.0289. The van der Waals surface area contributed by atoms with Gasteiger partial charge in [-0.25, -0.2) is 9.48 Å². The number of tetrazole rings is 1. The van der Waals surface area contributed by atoms with Crippen LogP contribution >= 0.6 is 11.8 Å². The Bertz CT molecular complexity index is 512. The van der Waals surface area contributed by atoms with Gasteiger partial charge in [0, 0.05) is 18.8 Å². The van der Waals surface area contributed by atoms with Gasteiger partial charge in [-0.05, 0) is 57.4 Å². The normalized spacial score (nSPS) is 19.0. The van der Waals surface area contributed by atoms with Crippen LogP contribution in [0.4, 0.5) is 4.79 Å². The zero-order valence-corrected chi connectivity index (χ0v) is 14.8. The molecular formula is C14H25N5O2S. The average Bonchev–Trinajstić information content (AvgIpc) is 3.03. The molecule has 0 saturated carbocycles. The van der Waals surface area contributed by atoms with Gasteiger partial charge < -0.3 is 9.64 Å². The van der Waals surface area contributed by atoms with Crippen molar-refractivity contribution in [3.63, 3.8) is 0 Å². The number of amides is 1. The Hall–Kier alpha value is -1.31. The number of nitrogens with zero attached hydrogens (tertiary/aromatic N) is 5. The van der Waals surface area contributed by atoms with E-state index in [1.807, 2.05) is 25.5 Å². The van der Waals surface area contributed by atoms with Crippen LogP contribution in [0, 0.1) is 5.92 Å². The highest BCUT2D eigenvalue weighted by Gasteiger charge is 2.30. The van der Waals surface area contributed by atoms with Gasteiger partial charge in [0.15, 0.2) is 0 Å². The quantitative estimate of drug-likeness (QED) is 0.792. The molecule has 1 aliphatic rings. The van der Waals surface area contributed by atoms with Crippen LogP contribution < -0.4 is 0 Å². The van der Waals surface area contributed by atoms with Gasteiger partial charge in [-0.1, -0.05) is 11.8 Å². The van der Waals surface area contributed by atoms with Gasteiger partial charge in [0.2, 0.25) is 5.16 Å². The maximum absolute atomic E-state index is 12.0. The van der Waals surface area contributed by atoms with Crippen molar-refractivity contribution < 1.29 is 9.53 Å². The summed E-state index contributed by atoms with van der Waals surface area (Å²) in [6.45, 7) is 11.3. The molecule has 0 aromatic carbocycles. The molecule has 0 unspecified atom stereocenters. The number of thioether (sulfide) groups is 1. The Morgan fingerprint density at radius 3 is 2.82 bits per heavy atom. The second kappa shape index (κ2) is 6.85. The highest BCUT2D eigenvalue weighted by molar-refractivity contribution is 7.99. The van der Waals surface area contributed by atoms with E-state index < -0.39 is 5.60 Å². The van der Waals surface area contributed by atoms with Gasteiger partial charge in [-0.3, -0.25) is 0 Å². The van der Waals surface area contributed by atoms with E-state index in [1.54, 1.807) is 16.7 Å². The number of hydrogen-bond acceptors (Lipinski definition) is 6. The number of likely N-dealkylation sites (tertiary alicyclic amines) is 1. The van der Waals surface area contributed by atoms with Gasteiger partial charge in [0.05, 0.1) is 6.04 Å². The van der Waals surface area contributed by atoms with Crippen molar-refractivity contribution >= 4 is 17.9 Å². The number of aromatic nitrogens is 4. The summed E-state index contributed by atoms with van der Waals surface area (Å²) in [6.07, 6.45) is 0.780. The molecule has 2 rings (SSSR count). The van der Waals surface area contributed by atoms with E-state index in [4.69, 9.17) is 4.74 Å². The van der Waals surface area contributed by atoms with Crippen molar-refractivity contribution in [2.75, 3.05) is 18.8 Å². The number of hydrogen-bond donors (Lipinski definition) is 0. The molecule has 0 N–H and O–H groups in total. The van der Waals surface area contributed by atoms with Crippen molar-refractivity contribution in [2.24, 2.45) is 5.92 Å². The molecule has 22 heavy (non-hydrogen) atoms. The predicted octanol–water partition coefficient (Wildman–Crippen LogP) is 2.60. The summed E-state index contributed by atoms with van der Waals surface area (Å²) in [5.41, 5.74) is -0.441. The molecule has 1 amide bonds. The molecule has 1 atom stereocenters. The molecule has 1 aliphatic heterocycles. The fourth-order valence-electron chi connectivity index (χ4n) is 2.26. The summed E-state index contributed by atoms with van der Waals surface area (Å²) in [4.78, 5) is 13.8. The molecule has 1 aromatic heterocycles. The smallest absolute Gasteiger partial charge is 0.410 e. The van der Waals surface area contributed by atoms with Crippen LogP contribution in [0.25, 0.3) is 0 Å². The SMILES string of the molecule is CC(C)n1nnnc1SC[C@H]1CCN(C(=O)OC(C)(C)C)C1. The lowest BCUT2D eigenvalue weighted by Crippen LogP contribution is -2.35. The summed E-state index contributed by atoms with van der Waals surface area (Å²) >= 11 is 1.65. The Kier molecular flexibility index (Phi) is 5.31. The molecule has 2 heterocycles. The second-order valence-corrected chi connectivity index (χ2v) is 7.88. The molecule has 0 aliphatic carbocycles. The van der Waals surface area contributed by atoms with E-state index in [2.05, 4.69) is 29.4 Å². The van der Waals surface area contributed by atoms with E-state index in [0.29, 0.717) is 5.92 Å². The van der Waals surface area contributed by atoms with E-state index in [1.165, 1.54) is 0 Å². The predicted molar refractivity (Wildman–Crippen MR) is 84.8 cm³/mol. The first kappa shape index (κ1) is 17.1. The summed E-state index contributed by atoms with van der Waals surface area (Å²) in [5, 5.41) is 12.6. The van der Waals surface area contributed by atoms with Gasteiger partial charge in [0.1, 0.15) is 5.60 Å². The van der Waals surface area contributed by atoms with Gasteiger partial charge in [-0.2, -0.15) is 0 Å². The van der Waals surface area contributed by atoms with Gasteiger partial charge in [-0.15, -0.1) is 5.10 Å². The van der Waals surface area contributed by atoms with Crippen LogP contribution in [0.5, 0.6) is 0 Å². The zero-order valence-electron chi connectivity index (χ0n) is 13.9. The maximum Gasteiger partial charge on any atom is 0.410 e. The maximum atomic E-state index is 12.0. The zero-order chi connectivity index (χ0) is 16.3. The Morgan fingerprint density at radius 1 is 1.45 bits per heavy atom. The van der Waals surface area contributed by atoms with Crippen LogP contribution in [-0.2, 0) is 4.74 Å². The molecule has 124 valence electrons. The largest absolute Gasteiger partial charge is 0.444 e. The fraction of sp³-hybridized carbons (Fsp3) is 0.857. The van der Waals surface area contributed by atoms with Crippen LogP contribution in [0.3, 0.4) is 0 Å². The van der Waals surface area contributed by atoms with Crippen LogP contribution in [-0.4, -0.2) is 55.6 Å². The summed E-state index contributed by atoms with van der Waals surface area (Å²) < 4.78 is 7.24. The number of rotatable bonds is 4. The highest BCUT2D eigenvalue weighted by Crippen LogP contribution is 2.26. The highest BCUT2D eigenvalue weighted by atomic mass is 32.2. The molecular weight excluding hydrogens is 302 g/mol. The van der Waals surface area contributed by atoms with E-state index in [-0.39, 0.29) is 12.1 Å². The van der Waals surface area contributed by atoms with E-state index in [0.717, 1.165) is 30.4 Å². The monoisotopic (exact) mass is 327 g/mol. The first-order valence-electron chi connectivity index (χ1n) is 7.65. The molecule has 0 bridgehead atoms. The van der Waals surface area contributed by atoms with Crippen LogP contribution in [0.1, 0.15) is 47.1 Å². The topological polar surface area (TPSA) is 73.1 Å². The molecule has 1 aromatic rings. The third-order valence-electron chi connectivity index (χ3n) is 3.34. The standard InChI is InChI=1S/C14H25N5O2S/c1-10(2)19-12(15-16-17-19)22-9-11-6-7-18(8-11)13(20)21-14(3,4)5/h10-11H,6-9H2,1-5H3/t11-/m0/s1. The summed E-state index contributed by atoms with van der Waals surface area (Å²) in [5.74, 6) is 1.36. The first-order chi connectivity index (χ1) is 10.3. The molecule has 8 heteroatoms. The third-order valence-corrected chi connectivity index (χ3v) is 4.50. The number of carbonyl (C=O) groups is 1. The van der Waals surface area contributed by atoms with Crippen molar-refractivity contribution in [1.29, 1.82) is 0 Å². The molecule has 7 nitrogen and oxygen atoms in total. The average molecular weight is 327 g/mol. The molecule has 0 radical (unpaired) electrons. The Labute approximate surface area is 135 Å². The van der Waals surface area contributed by atoms with Crippen molar-refractivity contribution in [2.45, 2.75) is 57.8 Å². The van der Waals surface area contributed by atoms with Crippen molar-refractivity contribution in [1.82, 2.24) is 25.1 Å². The molecule has 1 saturated heterocycles. The number of carbonyl (C=O) groups excluding carboxylic acids is 1. The van der Waals surface area contributed by atoms with Crippen LogP contribution in [0.2, 0.25) is 0 Å². The minimum absolute atomic E-state index is 0.216. The fourth-order valence-corrected chi connectivity index (χ4v) is 3.39. The Morgan fingerprint density at radius 2 is 2.18 bits per heavy atom.